The highest BCUT2D eigenvalue weighted by molar-refractivity contribution is 5.05. The van der Waals surface area contributed by atoms with Crippen molar-refractivity contribution in [1.29, 1.82) is 0 Å². The van der Waals surface area contributed by atoms with Gasteiger partial charge in [0.05, 0.1) is 6.54 Å². The number of hydrogen-bond donors (Lipinski definition) is 1. The fourth-order valence-corrected chi connectivity index (χ4v) is 3.73. The number of aromatic nitrogens is 2. The molecule has 2 fully saturated rings. The molecule has 4 heteroatoms. The van der Waals surface area contributed by atoms with Gasteiger partial charge in [0.2, 0.25) is 0 Å². The summed E-state index contributed by atoms with van der Waals surface area (Å²) in [7, 11) is 0. The number of rotatable bonds is 2. The summed E-state index contributed by atoms with van der Waals surface area (Å²) in [6, 6.07) is 1.89. The molecule has 1 aromatic rings. The lowest BCUT2D eigenvalue weighted by atomic mass is 9.77. The highest BCUT2D eigenvalue weighted by atomic mass is 15.3. The molecule has 3 rings (SSSR count). The van der Waals surface area contributed by atoms with Crippen LogP contribution >= 0.6 is 0 Å². The zero-order valence-corrected chi connectivity index (χ0v) is 12.7. The van der Waals surface area contributed by atoms with Gasteiger partial charge < -0.3 is 5.32 Å². The summed E-state index contributed by atoms with van der Waals surface area (Å²) in [5.41, 5.74) is 0.504. The van der Waals surface area contributed by atoms with Gasteiger partial charge in [-0.05, 0) is 32.8 Å². The fourth-order valence-electron chi connectivity index (χ4n) is 3.73. The lowest BCUT2D eigenvalue weighted by Crippen LogP contribution is -2.68. The topological polar surface area (TPSA) is 41.1 Å². The Hall–Kier alpha value is -1.00. The van der Waals surface area contributed by atoms with Crippen molar-refractivity contribution in [1.82, 2.24) is 20.2 Å². The van der Waals surface area contributed by atoms with Crippen molar-refractivity contribution in [3.63, 3.8) is 0 Å². The smallest absolute Gasteiger partial charge is 0.142 e. The average molecular weight is 274 g/mol. The molecule has 2 aliphatic rings. The van der Waals surface area contributed by atoms with Crippen molar-refractivity contribution in [3.05, 3.63) is 24.3 Å². The van der Waals surface area contributed by atoms with E-state index in [0.29, 0.717) is 5.54 Å². The average Bonchev–Trinajstić information content (AvgIpc) is 2.46. The first-order chi connectivity index (χ1) is 9.60. The third kappa shape index (κ3) is 2.86. The minimum atomic E-state index is 0.178. The number of hydrogen-bond acceptors (Lipinski definition) is 4. The van der Waals surface area contributed by atoms with Crippen LogP contribution < -0.4 is 5.32 Å². The molecule has 20 heavy (non-hydrogen) atoms. The minimum absolute atomic E-state index is 0.178. The summed E-state index contributed by atoms with van der Waals surface area (Å²) in [5.74, 6) is 0.954. The van der Waals surface area contributed by atoms with Crippen molar-refractivity contribution >= 4 is 0 Å². The SMILES string of the molecule is CC1(C)CN(Cc2ncccn2)C2(CCCCC2)CN1. The molecule has 0 radical (unpaired) electrons. The van der Waals surface area contributed by atoms with E-state index in [1.54, 1.807) is 0 Å². The Morgan fingerprint density at radius 3 is 2.55 bits per heavy atom. The highest BCUT2D eigenvalue weighted by Crippen LogP contribution is 2.37. The van der Waals surface area contributed by atoms with E-state index in [-0.39, 0.29) is 5.54 Å². The summed E-state index contributed by atoms with van der Waals surface area (Å²) in [6.45, 7) is 7.65. The summed E-state index contributed by atoms with van der Waals surface area (Å²) >= 11 is 0. The van der Waals surface area contributed by atoms with Crippen LogP contribution in [0, 0.1) is 0 Å². The zero-order chi connectivity index (χ0) is 14.1. The van der Waals surface area contributed by atoms with E-state index >= 15 is 0 Å². The van der Waals surface area contributed by atoms with Crippen molar-refractivity contribution in [2.24, 2.45) is 0 Å². The maximum absolute atomic E-state index is 4.43. The maximum Gasteiger partial charge on any atom is 0.142 e. The molecule has 110 valence electrons. The lowest BCUT2D eigenvalue weighted by molar-refractivity contribution is -0.0177. The first-order valence-electron chi connectivity index (χ1n) is 7.86. The Labute approximate surface area is 122 Å². The van der Waals surface area contributed by atoms with E-state index in [4.69, 9.17) is 0 Å². The van der Waals surface area contributed by atoms with Crippen LogP contribution in [0.5, 0.6) is 0 Å². The molecule has 0 amide bonds. The Morgan fingerprint density at radius 1 is 1.15 bits per heavy atom. The molecule has 1 spiro atoms. The third-order valence-electron chi connectivity index (χ3n) is 4.89. The monoisotopic (exact) mass is 274 g/mol. The molecule has 1 aliphatic heterocycles. The van der Waals surface area contributed by atoms with Gasteiger partial charge in [-0.25, -0.2) is 9.97 Å². The van der Waals surface area contributed by atoms with Crippen LogP contribution in [0.15, 0.2) is 18.5 Å². The summed E-state index contributed by atoms with van der Waals surface area (Å²) in [5, 5.41) is 3.75. The van der Waals surface area contributed by atoms with Crippen LogP contribution in [-0.4, -0.2) is 39.0 Å². The highest BCUT2D eigenvalue weighted by Gasteiger charge is 2.44. The van der Waals surface area contributed by atoms with Gasteiger partial charge in [-0.2, -0.15) is 0 Å². The molecule has 4 nitrogen and oxygen atoms in total. The fraction of sp³-hybridized carbons (Fsp3) is 0.750. The van der Waals surface area contributed by atoms with Crippen LogP contribution in [0.25, 0.3) is 0 Å². The van der Waals surface area contributed by atoms with Gasteiger partial charge in [0.1, 0.15) is 5.82 Å². The largest absolute Gasteiger partial charge is 0.309 e. The van der Waals surface area contributed by atoms with Crippen molar-refractivity contribution < 1.29 is 0 Å². The first-order valence-corrected chi connectivity index (χ1v) is 7.86. The molecular formula is C16H26N4. The minimum Gasteiger partial charge on any atom is -0.309 e. The van der Waals surface area contributed by atoms with E-state index in [1.807, 2.05) is 18.5 Å². The number of nitrogens with zero attached hydrogens (tertiary/aromatic N) is 3. The quantitative estimate of drug-likeness (QED) is 0.899. The predicted octanol–water partition coefficient (Wildman–Crippen LogP) is 2.36. The van der Waals surface area contributed by atoms with Gasteiger partial charge in [-0.1, -0.05) is 19.3 Å². The van der Waals surface area contributed by atoms with Crippen LogP contribution in [0.4, 0.5) is 0 Å². The molecule has 1 saturated carbocycles. The first kappa shape index (κ1) is 14.0. The van der Waals surface area contributed by atoms with Crippen LogP contribution in [-0.2, 0) is 6.54 Å². The Bertz CT molecular complexity index is 437. The Morgan fingerprint density at radius 2 is 1.85 bits per heavy atom. The van der Waals surface area contributed by atoms with E-state index in [0.717, 1.165) is 25.5 Å². The standard InChI is InChI=1S/C16H26N4/c1-15(2)13-20(11-14-17-9-6-10-18-14)16(12-19-15)7-4-3-5-8-16/h6,9-10,19H,3-5,7-8,11-13H2,1-2H3. The van der Waals surface area contributed by atoms with Crippen LogP contribution in [0.3, 0.4) is 0 Å². The molecule has 0 unspecified atom stereocenters. The van der Waals surface area contributed by atoms with E-state index in [2.05, 4.69) is 34.0 Å². The predicted molar refractivity (Wildman–Crippen MR) is 80.3 cm³/mol. The molecule has 1 aliphatic carbocycles. The van der Waals surface area contributed by atoms with Crippen molar-refractivity contribution in [2.75, 3.05) is 13.1 Å². The van der Waals surface area contributed by atoms with Crippen molar-refractivity contribution in [2.45, 2.75) is 63.6 Å². The second kappa shape index (κ2) is 5.41. The van der Waals surface area contributed by atoms with E-state index < -0.39 is 0 Å². The van der Waals surface area contributed by atoms with Gasteiger partial charge in [-0.3, -0.25) is 4.90 Å². The second-order valence-corrected chi connectivity index (χ2v) is 7.04. The third-order valence-corrected chi connectivity index (χ3v) is 4.89. The van der Waals surface area contributed by atoms with Crippen molar-refractivity contribution in [3.8, 4) is 0 Å². The number of nitrogens with one attached hydrogen (secondary N) is 1. The van der Waals surface area contributed by atoms with Crippen LogP contribution in [0.2, 0.25) is 0 Å². The van der Waals surface area contributed by atoms with E-state index in [1.165, 1.54) is 32.1 Å². The summed E-state index contributed by atoms with van der Waals surface area (Å²) in [6.07, 6.45) is 10.4. The molecular weight excluding hydrogens is 248 g/mol. The molecule has 1 N–H and O–H groups in total. The Balaban J connectivity index is 1.81. The molecule has 0 bridgehead atoms. The van der Waals surface area contributed by atoms with Gasteiger partial charge in [-0.15, -0.1) is 0 Å². The zero-order valence-electron chi connectivity index (χ0n) is 12.7. The Kier molecular flexibility index (Phi) is 3.78. The normalized spacial score (nSPS) is 25.7. The number of piperazine rings is 1. The molecule has 1 saturated heterocycles. The van der Waals surface area contributed by atoms with Gasteiger partial charge in [0.25, 0.3) is 0 Å². The van der Waals surface area contributed by atoms with Gasteiger partial charge in [0.15, 0.2) is 0 Å². The summed E-state index contributed by atoms with van der Waals surface area (Å²) in [4.78, 5) is 11.5. The molecule has 0 aromatic carbocycles. The van der Waals surface area contributed by atoms with E-state index in [9.17, 15) is 0 Å². The molecule has 2 heterocycles. The molecule has 1 aromatic heterocycles. The van der Waals surface area contributed by atoms with Gasteiger partial charge >= 0.3 is 0 Å². The van der Waals surface area contributed by atoms with Gasteiger partial charge in [0, 0.05) is 36.6 Å². The molecule has 0 atom stereocenters. The maximum atomic E-state index is 4.43. The lowest BCUT2D eigenvalue weighted by Gasteiger charge is -2.54. The second-order valence-electron chi connectivity index (χ2n) is 7.04. The van der Waals surface area contributed by atoms with Crippen LogP contribution in [0.1, 0.15) is 51.8 Å². The summed E-state index contributed by atoms with van der Waals surface area (Å²) < 4.78 is 0.